The van der Waals surface area contributed by atoms with Crippen LogP contribution in [0.4, 0.5) is 11.4 Å². The summed E-state index contributed by atoms with van der Waals surface area (Å²) >= 11 is 0. The number of nitrogens with zero attached hydrogens (tertiary/aromatic N) is 1. The van der Waals surface area contributed by atoms with E-state index in [2.05, 4.69) is 20.5 Å². The van der Waals surface area contributed by atoms with Crippen molar-refractivity contribution in [1.82, 2.24) is 10.3 Å². The summed E-state index contributed by atoms with van der Waals surface area (Å²) in [4.78, 5) is 19.0. The zero-order valence-corrected chi connectivity index (χ0v) is 17.8. The molecule has 0 aliphatic heterocycles. The van der Waals surface area contributed by atoms with Crippen LogP contribution >= 0.6 is 0 Å². The van der Waals surface area contributed by atoms with E-state index in [1.54, 1.807) is 18.2 Å². The van der Waals surface area contributed by atoms with Gasteiger partial charge in [0.2, 0.25) is 5.91 Å². The van der Waals surface area contributed by atoms with Gasteiger partial charge in [0.1, 0.15) is 18.0 Å². The van der Waals surface area contributed by atoms with Crippen molar-refractivity contribution in [2.75, 3.05) is 18.4 Å². The highest BCUT2D eigenvalue weighted by molar-refractivity contribution is 5.93. The van der Waals surface area contributed by atoms with Gasteiger partial charge < -0.3 is 25.1 Å². The van der Waals surface area contributed by atoms with E-state index >= 15 is 0 Å². The Morgan fingerprint density at radius 3 is 2.88 bits per heavy atom. The van der Waals surface area contributed by atoms with Crippen LogP contribution in [-0.4, -0.2) is 29.1 Å². The summed E-state index contributed by atoms with van der Waals surface area (Å²) in [5.41, 5.74) is 4.38. The smallest absolute Gasteiger partial charge is 0.225 e. The highest BCUT2D eigenvalue weighted by Gasteiger charge is 2.07. The quantitative estimate of drug-likeness (QED) is 0.213. The van der Waals surface area contributed by atoms with Crippen LogP contribution in [0.1, 0.15) is 30.6 Å². The molecule has 0 bridgehead atoms. The van der Waals surface area contributed by atoms with Gasteiger partial charge in [0.15, 0.2) is 5.69 Å². The molecular formula is C25H26N4O3. The molecule has 0 unspecified atom stereocenters. The van der Waals surface area contributed by atoms with Gasteiger partial charge in [0, 0.05) is 35.8 Å². The Hall–Kier alpha value is -3.60. The summed E-state index contributed by atoms with van der Waals surface area (Å²) < 4.78 is 5.46. The number of aliphatic hydroxyl groups excluding tert-OH is 1. The second kappa shape index (κ2) is 10.1. The molecule has 2 aromatic heterocycles. The number of H-pyrrole nitrogens is 1. The number of benzene rings is 2. The number of carbonyl (C=O) groups is 1. The van der Waals surface area contributed by atoms with Crippen molar-refractivity contribution in [3.05, 3.63) is 71.4 Å². The fourth-order valence-corrected chi connectivity index (χ4v) is 3.81. The van der Waals surface area contributed by atoms with Crippen LogP contribution in [0.15, 0.2) is 53.1 Å². The topological polar surface area (TPSA) is 94.7 Å². The first-order valence-corrected chi connectivity index (χ1v) is 10.8. The van der Waals surface area contributed by atoms with E-state index in [1.165, 1.54) is 5.56 Å². The fourth-order valence-electron chi connectivity index (χ4n) is 3.81. The summed E-state index contributed by atoms with van der Waals surface area (Å²) in [6.45, 7) is 8.50. The van der Waals surface area contributed by atoms with E-state index in [0.29, 0.717) is 35.7 Å². The Kier molecular flexibility index (Phi) is 6.85. The Bertz CT molecular complexity index is 1270. The summed E-state index contributed by atoms with van der Waals surface area (Å²) in [6, 6.07) is 12.9. The van der Waals surface area contributed by atoms with Crippen LogP contribution in [0, 0.1) is 6.57 Å². The number of nitrogens with one attached hydrogen (secondary N) is 3. The molecule has 7 nitrogen and oxygen atoms in total. The lowest BCUT2D eigenvalue weighted by Crippen LogP contribution is -2.22. The number of anilines is 1. The number of amides is 1. The molecule has 1 amide bonds. The van der Waals surface area contributed by atoms with Crippen LogP contribution in [0.3, 0.4) is 0 Å². The molecule has 0 saturated carbocycles. The van der Waals surface area contributed by atoms with Gasteiger partial charge in [-0.2, -0.15) is 0 Å². The van der Waals surface area contributed by atoms with Gasteiger partial charge in [-0.3, -0.25) is 4.79 Å². The van der Waals surface area contributed by atoms with Gasteiger partial charge in [-0.05, 0) is 73.2 Å². The number of aromatic amines is 1. The normalized spacial score (nSPS) is 11.1. The number of aryl methyl sites for hydroxylation is 1. The molecule has 164 valence electrons. The van der Waals surface area contributed by atoms with E-state index in [0.717, 1.165) is 42.1 Å². The van der Waals surface area contributed by atoms with Crippen molar-refractivity contribution in [1.29, 1.82) is 0 Å². The molecular weight excluding hydrogens is 404 g/mol. The second-order valence-electron chi connectivity index (χ2n) is 7.78. The zero-order valence-electron chi connectivity index (χ0n) is 17.8. The summed E-state index contributed by atoms with van der Waals surface area (Å²) in [7, 11) is 0. The summed E-state index contributed by atoms with van der Waals surface area (Å²) in [5, 5.41) is 17.4. The second-order valence-corrected chi connectivity index (χ2v) is 7.78. The predicted octanol–water partition coefficient (Wildman–Crippen LogP) is 4.90. The van der Waals surface area contributed by atoms with Crippen LogP contribution in [-0.2, 0) is 17.8 Å². The highest BCUT2D eigenvalue weighted by atomic mass is 16.4. The molecule has 0 saturated heterocycles. The van der Waals surface area contributed by atoms with Crippen LogP contribution in [0.5, 0.6) is 0 Å². The highest BCUT2D eigenvalue weighted by Crippen LogP contribution is 2.25. The third kappa shape index (κ3) is 5.17. The Morgan fingerprint density at radius 1 is 1.12 bits per heavy atom. The third-order valence-electron chi connectivity index (χ3n) is 5.47. The monoisotopic (exact) mass is 430 g/mol. The number of unbranched alkanes of at least 4 members (excludes halogenated alkanes) is 1. The first-order valence-electron chi connectivity index (χ1n) is 10.8. The van der Waals surface area contributed by atoms with E-state index < -0.39 is 0 Å². The van der Waals surface area contributed by atoms with Crippen molar-refractivity contribution >= 4 is 39.2 Å². The average molecular weight is 431 g/mol. The van der Waals surface area contributed by atoms with Crippen molar-refractivity contribution in [2.45, 2.75) is 32.3 Å². The lowest BCUT2D eigenvalue weighted by molar-refractivity contribution is -0.116. The summed E-state index contributed by atoms with van der Waals surface area (Å²) in [6.07, 6.45) is 5.43. The van der Waals surface area contributed by atoms with Gasteiger partial charge in [0.05, 0.1) is 6.57 Å². The maximum Gasteiger partial charge on any atom is 0.225 e. The SMILES string of the molecule is [C-]#[N+]c1ccc2[nH]cc(CCCCNCCC(=O)Nc3ccc4oc(CO)cc4c3)c2c1. The van der Waals surface area contributed by atoms with Crippen molar-refractivity contribution in [3.63, 3.8) is 0 Å². The lowest BCUT2D eigenvalue weighted by atomic mass is 10.1. The van der Waals surface area contributed by atoms with Gasteiger partial charge >= 0.3 is 0 Å². The van der Waals surface area contributed by atoms with Gasteiger partial charge in [-0.25, -0.2) is 4.85 Å². The molecule has 2 heterocycles. The molecule has 4 N–H and O–H groups in total. The van der Waals surface area contributed by atoms with E-state index in [1.807, 2.05) is 30.5 Å². The molecule has 2 aromatic carbocycles. The maximum atomic E-state index is 12.2. The van der Waals surface area contributed by atoms with Crippen molar-refractivity contribution in [2.24, 2.45) is 0 Å². The minimum atomic E-state index is -0.146. The molecule has 0 fully saturated rings. The molecule has 4 rings (SSSR count). The molecule has 0 aliphatic rings. The molecule has 0 radical (unpaired) electrons. The number of furan rings is 1. The molecule has 0 aliphatic carbocycles. The van der Waals surface area contributed by atoms with E-state index in [4.69, 9.17) is 16.1 Å². The van der Waals surface area contributed by atoms with E-state index in [9.17, 15) is 4.79 Å². The standard InChI is InChI=1S/C25H26N4O3/c1-26-19-5-7-23-22(14-19)17(15-28-23)4-2-3-10-27-11-9-25(31)29-20-6-8-24-18(12-20)13-21(16-30)32-24/h5-8,12-15,27-28,30H,2-4,9-11,16H2,(H,29,31). The number of carbonyl (C=O) groups excluding carboxylic acids is 1. The molecule has 0 atom stereocenters. The third-order valence-corrected chi connectivity index (χ3v) is 5.47. The van der Waals surface area contributed by atoms with Crippen molar-refractivity contribution in [3.8, 4) is 0 Å². The minimum absolute atomic E-state index is 0.0443. The Balaban J connectivity index is 1.15. The molecule has 32 heavy (non-hydrogen) atoms. The fraction of sp³-hybridized carbons (Fsp3) is 0.280. The number of hydrogen-bond acceptors (Lipinski definition) is 4. The minimum Gasteiger partial charge on any atom is -0.459 e. The largest absolute Gasteiger partial charge is 0.459 e. The first kappa shape index (κ1) is 21.6. The summed E-state index contributed by atoms with van der Waals surface area (Å²) in [5.74, 6) is 0.461. The van der Waals surface area contributed by atoms with E-state index in [-0.39, 0.29) is 12.5 Å². The molecule has 4 aromatic rings. The predicted molar refractivity (Wildman–Crippen MR) is 126 cm³/mol. The maximum absolute atomic E-state index is 12.2. The lowest BCUT2D eigenvalue weighted by Gasteiger charge is -2.07. The van der Waals surface area contributed by atoms with Gasteiger partial charge in [-0.15, -0.1) is 0 Å². The number of rotatable bonds is 10. The molecule has 0 spiro atoms. The van der Waals surface area contributed by atoms with Gasteiger partial charge in [0.25, 0.3) is 0 Å². The first-order chi connectivity index (χ1) is 15.7. The van der Waals surface area contributed by atoms with Crippen LogP contribution < -0.4 is 10.6 Å². The van der Waals surface area contributed by atoms with Crippen LogP contribution in [0.25, 0.3) is 26.7 Å². The number of aromatic nitrogens is 1. The number of fused-ring (bicyclic) bond motifs is 2. The van der Waals surface area contributed by atoms with Gasteiger partial charge in [-0.1, -0.05) is 6.07 Å². The Morgan fingerprint density at radius 2 is 2.03 bits per heavy atom. The number of aliphatic hydroxyl groups is 1. The zero-order chi connectivity index (χ0) is 22.3. The van der Waals surface area contributed by atoms with Crippen LogP contribution in [0.2, 0.25) is 0 Å². The Labute approximate surface area is 186 Å². The van der Waals surface area contributed by atoms with Crippen molar-refractivity contribution < 1.29 is 14.3 Å². The molecule has 7 heteroatoms. The average Bonchev–Trinajstić information content (AvgIpc) is 3.41. The number of hydrogen-bond donors (Lipinski definition) is 4.